The van der Waals surface area contributed by atoms with Crippen molar-refractivity contribution >= 4 is 23.2 Å². The lowest BCUT2D eigenvalue weighted by atomic mass is 10.00. The molecule has 2 aromatic heterocycles. The number of hydrazone groups is 1. The molecule has 1 atom stereocenters. The summed E-state index contributed by atoms with van der Waals surface area (Å²) in [5.74, 6) is -7.35. The molecule has 178 valence electrons. The summed E-state index contributed by atoms with van der Waals surface area (Å²) in [4.78, 5) is 8.37. The number of aromatic nitrogens is 2. The molecule has 0 bridgehead atoms. The third-order valence-electron chi connectivity index (χ3n) is 5.19. The van der Waals surface area contributed by atoms with E-state index in [0.717, 1.165) is 17.2 Å². The average Bonchev–Trinajstić information content (AvgIpc) is 3.24. The Labute approximate surface area is 193 Å². The van der Waals surface area contributed by atoms with Gasteiger partial charge in [-0.2, -0.15) is 27.1 Å². The van der Waals surface area contributed by atoms with Gasteiger partial charge in [-0.15, -0.1) is 11.8 Å². The molecule has 4 nitrogen and oxygen atoms in total. The van der Waals surface area contributed by atoms with Gasteiger partial charge < -0.3 is 0 Å². The normalized spacial score (nSPS) is 16.6. The number of hydrogen-bond donors (Lipinski definition) is 0. The Kier molecular flexibility index (Phi) is 6.28. The van der Waals surface area contributed by atoms with Crippen molar-refractivity contribution in [3.05, 3.63) is 72.2 Å². The molecule has 1 aliphatic heterocycles. The number of hydrogen-bond acceptors (Lipinski definition) is 5. The number of benzene rings is 1. The van der Waals surface area contributed by atoms with Crippen LogP contribution in [0.4, 0.5) is 36.4 Å². The number of halogens is 7. The van der Waals surface area contributed by atoms with E-state index in [1.165, 1.54) is 24.0 Å². The number of rotatable bonds is 5. The highest BCUT2D eigenvalue weighted by Crippen LogP contribution is 2.45. The van der Waals surface area contributed by atoms with E-state index in [0.29, 0.717) is 22.2 Å². The number of nitrogens with zero attached hydrogens (tertiary/aromatic N) is 4. The molecule has 34 heavy (non-hydrogen) atoms. The van der Waals surface area contributed by atoms with Crippen LogP contribution in [0.15, 0.2) is 65.0 Å². The summed E-state index contributed by atoms with van der Waals surface area (Å²) in [7, 11) is 0. The minimum Gasteiger partial charge on any atom is -0.259 e. The van der Waals surface area contributed by atoms with Gasteiger partial charge in [-0.1, -0.05) is 6.07 Å². The van der Waals surface area contributed by atoms with Gasteiger partial charge in [-0.3, -0.25) is 9.99 Å². The summed E-state index contributed by atoms with van der Waals surface area (Å²) in [6, 6.07) is 7.61. The Balaban J connectivity index is 1.77. The lowest BCUT2D eigenvalue weighted by Gasteiger charge is -2.24. The van der Waals surface area contributed by atoms with Gasteiger partial charge in [0.05, 0.1) is 16.4 Å². The standard InChI is InChI=1S/C22H15F7N4S/c1-34-20-5-2-13(11-31-20)12-6-7-30-16(8-12)18-10-19(21(25,26)22(27,28)29)32-33(18)17-4-3-14(23)9-15(17)24/h2-9,11,18H,10H2,1H3. The lowest BCUT2D eigenvalue weighted by Crippen LogP contribution is -2.43. The molecule has 1 aromatic carbocycles. The first-order valence-corrected chi connectivity index (χ1v) is 11.0. The maximum Gasteiger partial charge on any atom is 0.459 e. The Morgan fingerprint density at radius 2 is 1.71 bits per heavy atom. The zero-order valence-corrected chi connectivity index (χ0v) is 18.1. The summed E-state index contributed by atoms with van der Waals surface area (Å²) in [5, 5.41) is 4.88. The number of alkyl halides is 5. The zero-order chi connectivity index (χ0) is 24.7. The van der Waals surface area contributed by atoms with Crippen LogP contribution < -0.4 is 5.01 Å². The van der Waals surface area contributed by atoms with Crippen LogP contribution in [0.2, 0.25) is 0 Å². The van der Waals surface area contributed by atoms with Crippen LogP contribution in [-0.2, 0) is 0 Å². The van der Waals surface area contributed by atoms with Gasteiger partial charge in [0.15, 0.2) is 5.82 Å². The van der Waals surface area contributed by atoms with Crippen molar-refractivity contribution in [3.8, 4) is 11.1 Å². The minimum atomic E-state index is -5.90. The van der Waals surface area contributed by atoms with Gasteiger partial charge >= 0.3 is 12.1 Å². The van der Waals surface area contributed by atoms with Crippen molar-refractivity contribution in [1.29, 1.82) is 0 Å². The molecule has 4 rings (SSSR count). The van der Waals surface area contributed by atoms with Crippen LogP contribution in [0, 0.1) is 11.6 Å². The van der Waals surface area contributed by atoms with Gasteiger partial charge in [0.2, 0.25) is 0 Å². The first-order chi connectivity index (χ1) is 16.0. The molecular weight excluding hydrogens is 485 g/mol. The molecule has 3 aromatic rings. The monoisotopic (exact) mass is 500 g/mol. The Morgan fingerprint density at radius 1 is 0.941 bits per heavy atom. The molecule has 3 heterocycles. The fraction of sp³-hybridized carbons (Fsp3) is 0.227. The summed E-state index contributed by atoms with van der Waals surface area (Å²) in [6.45, 7) is 0. The molecule has 0 saturated heterocycles. The summed E-state index contributed by atoms with van der Waals surface area (Å²) >= 11 is 1.43. The fourth-order valence-corrected chi connectivity index (χ4v) is 3.83. The van der Waals surface area contributed by atoms with Crippen molar-refractivity contribution in [2.45, 2.75) is 29.6 Å². The Hall–Kier alpha value is -3.15. The van der Waals surface area contributed by atoms with Gasteiger partial charge in [-0.05, 0) is 42.2 Å². The van der Waals surface area contributed by atoms with E-state index in [1.54, 1.807) is 24.4 Å². The Morgan fingerprint density at radius 3 is 2.32 bits per heavy atom. The third-order valence-corrected chi connectivity index (χ3v) is 5.85. The summed E-state index contributed by atoms with van der Waals surface area (Å²) < 4.78 is 95.2. The average molecular weight is 500 g/mol. The lowest BCUT2D eigenvalue weighted by molar-refractivity contribution is -0.249. The van der Waals surface area contributed by atoms with Crippen LogP contribution in [0.1, 0.15) is 18.2 Å². The van der Waals surface area contributed by atoms with Crippen LogP contribution in [0.25, 0.3) is 11.1 Å². The highest BCUT2D eigenvalue weighted by Gasteiger charge is 2.63. The molecule has 0 fully saturated rings. The van der Waals surface area contributed by atoms with Crippen molar-refractivity contribution < 1.29 is 30.7 Å². The SMILES string of the molecule is CSc1ccc(-c2ccnc(C3CC(C(F)(F)C(F)(F)F)=NN3c3ccc(F)cc3F)c2)cn1. The van der Waals surface area contributed by atoms with E-state index in [-0.39, 0.29) is 5.69 Å². The van der Waals surface area contributed by atoms with Gasteiger partial charge in [0.1, 0.15) is 17.6 Å². The predicted molar refractivity (Wildman–Crippen MR) is 114 cm³/mol. The second kappa shape index (κ2) is 8.90. The van der Waals surface area contributed by atoms with Crippen LogP contribution >= 0.6 is 11.8 Å². The quantitative estimate of drug-likeness (QED) is 0.291. The second-order valence-corrected chi connectivity index (χ2v) is 8.16. The molecule has 12 heteroatoms. The van der Waals surface area contributed by atoms with Crippen LogP contribution in [0.3, 0.4) is 0 Å². The van der Waals surface area contributed by atoms with E-state index in [9.17, 15) is 30.7 Å². The van der Waals surface area contributed by atoms with E-state index in [4.69, 9.17) is 0 Å². The first-order valence-electron chi connectivity index (χ1n) is 9.74. The molecular formula is C22H15F7N4S. The molecule has 0 amide bonds. The van der Waals surface area contributed by atoms with E-state index in [2.05, 4.69) is 15.1 Å². The van der Waals surface area contributed by atoms with Crippen LogP contribution in [0.5, 0.6) is 0 Å². The van der Waals surface area contributed by atoms with Crippen molar-refractivity contribution in [2.24, 2.45) is 5.10 Å². The molecule has 0 spiro atoms. The second-order valence-electron chi connectivity index (χ2n) is 7.34. The maximum absolute atomic E-state index is 14.5. The predicted octanol–water partition coefficient (Wildman–Crippen LogP) is 6.65. The summed E-state index contributed by atoms with van der Waals surface area (Å²) in [5.41, 5.74) is -0.655. The van der Waals surface area contributed by atoms with E-state index >= 15 is 0 Å². The minimum absolute atomic E-state index is 0.0758. The zero-order valence-electron chi connectivity index (χ0n) is 17.3. The Bertz CT molecular complexity index is 1230. The van der Waals surface area contributed by atoms with Crippen molar-refractivity contribution in [3.63, 3.8) is 0 Å². The van der Waals surface area contributed by atoms with Crippen molar-refractivity contribution in [1.82, 2.24) is 9.97 Å². The fourth-order valence-electron chi connectivity index (χ4n) is 3.47. The number of thioether (sulfide) groups is 1. The topological polar surface area (TPSA) is 41.4 Å². The molecule has 0 N–H and O–H groups in total. The molecule has 1 aliphatic rings. The van der Waals surface area contributed by atoms with Gasteiger partial charge in [0.25, 0.3) is 0 Å². The van der Waals surface area contributed by atoms with E-state index < -0.39 is 47.6 Å². The smallest absolute Gasteiger partial charge is 0.259 e. The molecule has 0 radical (unpaired) electrons. The number of anilines is 1. The summed E-state index contributed by atoms with van der Waals surface area (Å²) in [6.07, 6.45) is -1.98. The third kappa shape index (κ3) is 4.46. The first kappa shape index (κ1) is 24.0. The largest absolute Gasteiger partial charge is 0.459 e. The maximum atomic E-state index is 14.5. The molecule has 0 saturated carbocycles. The highest BCUT2D eigenvalue weighted by molar-refractivity contribution is 7.98. The van der Waals surface area contributed by atoms with Gasteiger partial charge in [0, 0.05) is 30.4 Å². The van der Waals surface area contributed by atoms with Crippen LogP contribution in [-0.4, -0.2) is 34.0 Å². The highest BCUT2D eigenvalue weighted by atomic mass is 32.2. The number of pyridine rings is 2. The molecule has 0 aliphatic carbocycles. The van der Waals surface area contributed by atoms with Gasteiger partial charge in [-0.25, -0.2) is 13.8 Å². The molecule has 1 unspecified atom stereocenters. The van der Waals surface area contributed by atoms with E-state index in [1.807, 2.05) is 6.26 Å². The van der Waals surface area contributed by atoms with Crippen molar-refractivity contribution in [2.75, 3.05) is 11.3 Å².